The molecule has 82 valence electrons. The number of benzene rings is 1. The molecule has 0 aromatic heterocycles. The summed E-state index contributed by atoms with van der Waals surface area (Å²) in [6.07, 6.45) is 4.82. The lowest BCUT2D eigenvalue weighted by Crippen LogP contribution is -2.03. The molecule has 2 heteroatoms. The van der Waals surface area contributed by atoms with Gasteiger partial charge in [0, 0.05) is 10.4 Å². The maximum absolute atomic E-state index is 6.27. The van der Waals surface area contributed by atoms with E-state index < -0.39 is 0 Å². The van der Waals surface area contributed by atoms with E-state index in [2.05, 4.69) is 12.1 Å². The highest BCUT2D eigenvalue weighted by Gasteiger charge is 2.29. The van der Waals surface area contributed by atoms with Crippen molar-refractivity contribution in [2.75, 3.05) is 0 Å². The minimum atomic E-state index is 0.376. The smallest absolute Gasteiger partial charge is 0.0435 e. The van der Waals surface area contributed by atoms with E-state index in [1.165, 1.54) is 18.4 Å². The Morgan fingerprint density at radius 1 is 1.40 bits per heavy atom. The van der Waals surface area contributed by atoms with Crippen molar-refractivity contribution in [3.05, 3.63) is 34.3 Å². The summed E-state index contributed by atoms with van der Waals surface area (Å²) in [5.41, 5.74) is 2.51. The van der Waals surface area contributed by atoms with E-state index in [0.717, 1.165) is 29.3 Å². The van der Waals surface area contributed by atoms with Gasteiger partial charge in [-0.05, 0) is 55.7 Å². The molecule has 1 aromatic rings. The zero-order valence-corrected chi connectivity index (χ0v) is 10.5. The molecule has 0 radical (unpaired) electrons. The van der Waals surface area contributed by atoms with Gasteiger partial charge in [0.1, 0.15) is 0 Å². The fraction of sp³-hybridized carbons (Fsp3) is 0.538. The van der Waals surface area contributed by atoms with E-state index in [-0.39, 0.29) is 0 Å². The normalized spacial score (nSPS) is 17.8. The topological polar surface area (TPSA) is 0 Å². The van der Waals surface area contributed by atoms with Crippen LogP contribution in [0.15, 0.2) is 18.2 Å². The van der Waals surface area contributed by atoms with Crippen LogP contribution in [0.1, 0.15) is 30.4 Å². The van der Waals surface area contributed by atoms with Crippen LogP contribution in [0.4, 0.5) is 0 Å². The molecule has 0 aliphatic heterocycles. The summed E-state index contributed by atoms with van der Waals surface area (Å²) in [7, 11) is 0. The van der Waals surface area contributed by atoms with Gasteiger partial charge in [-0.25, -0.2) is 0 Å². The summed E-state index contributed by atoms with van der Waals surface area (Å²) >= 11 is 12.3. The Balaban J connectivity index is 1.89. The maximum atomic E-state index is 6.27. The predicted octanol–water partition coefficient (Wildman–Crippen LogP) is 4.60. The SMILES string of the molecule is Cc1cc(CCC(Cl)C2CC2)ccc1Cl. The van der Waals surface area contributed by atoms with Gasteiger partial charge in [0.15, 0.2) is 0 Å². The number of alkyl halides is 1. The van der Waals surface area contributed by atoms with Crippen LogP contribution in [0.2, 0.25) is 5.02 Å². The van der Waals surface area contributed by atoms with E-state index in [0.29, 0.717) is 5.38 Å². The molecule has 0 N–H and O–H groups in total. The van der Waals surface area contributed by atoms with Crippen LogP contribution in [0.3, 0.4) is 0 Å². The molecule has 1 aliphatic carbocycles. The van der Waals surface area contributed by atoms with Gasteiger partial charge in [-0.2, -0.15) is 0 Å². The predicted molar refractivity (Wildman–Crippen MR) is 66.9 cm³/mol. The van der Waals surface area contributed by atoms with Crippen molar-refractivity contribution < 1.29 is 0 Å². The van der Waals surface area contributed by atoms with Crippen LogP contribution in [0.5, 0.6) is 0 Å². The average molecular weight is 243 g/mol. The monoisotopic (exact) mass is 242 g/mol. The average Bonchev–Trinajstić information content (AvgIpc) is 3.03. The molecule has 1 atom stereocenters. The minimum Gasteiger partial charge on any atom is -0.123 e. The highest BCUT2D eigenvalue weighted by atomic mass is 35.5. The molecule has 1 aliphatic rings. The fourth-order valence-electron chi connectivity index (χ4n) is 1.86. The van der Waals surface area contributed by atoms with Crippen LogP contribution < -0.4 is 0 Å². The quantitative estimate of drug-likeness (QED) is 0.678. The first-order chi connectivity index (χ1) is 7.16. The van der Waals surface area contributed by atoms with E-state index in [9.17, 15) is 0 Å². The van der Waals surface area contributed by atoms with E-state index >= 15 is 0 Å². The molecule has 0 saturated heterocycles. The first kappa shape index (κ1) is 11.3. The summed E-state index contributed by atoms with van der Waals surface area (Å²) in [5, 5.41) is 1.23. The van der Waals surface area contributed by atoms with Gasteiger partial charge in [-0.1, -0.05) is 23.7 Å². The number of rotatable bonds is 4. The molecular formula is C13H16Cl2. The molecule has 0 bridgehead atoms. The number of hydrogen-bond donors (Lipinski definition) is 0. The highest BCUT2D eigenvalue weighted by Crippen LogP contribution is 2.37. The Morgan fingerprint density at radius 2 is 2.13 bits per heavy atom. The zero-order chi connectivity index (χ0) is 10.8. The van der Waals surface area contributed by atoms with Crippen LogP contribution in [-0.2, 0) is 6.42 Å². The molecule has 15 heavy (non-hydrogen) atoms. The van der Waals surface area contributed by atoms with Gasteiger partial charge in [0.05, 0.1) is 0 Å². The van der Waals surface area contributed by atoms with Crippen LogP contribution in [-0.4, -0.2) is 5.38 Å². The first-order valence-electron chi connectivity index (χ1n) is 5.56. The number of hydrogen-bond acceptors (Lipinski definition) is 0. The molecule has 2 rings (SSSR count). The lowest BCUT2D eigenvalue weighted by molar-refractivity contribution is 0.676. The molecule has 0 amide bonds. The van der Waals surface area contributed by atoms with Gasteiger partial charge in [0.2, 0.25) is 0 Å². The summed E-state index contributed by atoms with van der Waals surface area (Å²) in [6.45, 7) is 2.05. The summed E-state index contributed by atoms with van der Waals surface area (Å²) in [5.74, 6) is 0.792. The van der Waals surface area contributed by atoms with Crippen molar-refractivity contribution in [3.63, 3.8) is 0 Å². The molecule has 0 nitrogen and oxygen atoms in total. The van der Waals surface area contributed by atoms with Crippen molar-refractivity contribution in [1.82, 2.24) is 0 Å². The first-order valence-corrected chi connectivity index (χ1v) is 6.37. The molecule has 0 heterocycles. The van der Waals surface area contributed by atoms with Crippen molar-refractivity contribution in [2.24, 2.45) is 5.92 Å². The second-order valence-corrected chi connectivity index (χ2v) is 5.44. The zero-order valence-electron chi connectivity index (χ0n) is 8.97. The molecule has 0 spiro atoms. The molecule has 1 saturated carbocycles. The Hall–Kier alpha value is -0.200. The van der Waals surface area contributed by atoms with Crippen molar-refractivity contribution in [3.8, 4) is 0 Å². The van der Waals surface area contributed by atoms with Gasteiger partial charge in [-0.15, -0.1) is 11.6 Å². The van der Waals surface area contributed by atoms with Crippen LogP contribution in [0, 0.1) is 12.8 Å². The van der Waals surface area contributed by atoms with Crippen LogP contribution in [0.25, 0.3) is 0 Å². The maximum Gasteiger partial charge on any atom is 0.0435 e. The molecule has 1 unspecified atom stereocenters. The van der Waals surface area contributed by atoms with E-state index in [1.54, 1.807) is 0 Å². The Morgan fingerprint density at radius 3 is 2.73 bits per heavy atom. The van der Waals surface area contributed by atoms with Crippen molar-refractivity contribution >= 4 is 23.2 Å². The van der Waals surface area contributed by atoms with Gasteiger partial charge < -0.3 is 0 Å². The third kappa shape index (κ3) is 3.12. The van der Waals surface area contributed by atoms with Crippen molar-refractivity contribution in [2.45, 2.75) is 38.0 Å². The Kier molecular flexibility index (Phi) is 3.58. The van der Waals surface area contributed by atoms with Gasteiger partial charge >= 0.3 is 0 Å². The summed E-state index contributed by atoms with van der Waals surface area (Å²) in [6, 6.07) is 6.25. The summed E-state index contributed by atoms with van der Waals surface area (Å²) < 4.78 is 0. The lowest BCUT2D eigenvalue weighted by atomic mass is 10.0. The summed E-state index contributed by atoms with van der Waals surface area (Å²) in [4.78, 5) is 0. The lowest BCUT2D eigenvalue weighted by Gasteiger charge is -2.08. The minimum absolute atomic E-state index is 0.376. The third-order valence-corrected chi connectivity index (χ3v) is 4.06. The number of halogens is 2. The second-order valence-electron chi connectivity index (χ2n) is 4.48. The Bertz CT molecular complexity index is 342. The second kappa shape index (κ2) is 4.76. The van der Waals surface area contributed by atoms with E-state index in [4.69, 9.17) is 23.2 Å². The fourth-order valence-corrected chi connectivity index (χ4v) is 2.34. The highest BCUT2D eigenvalue weighted by molar-refractivity contribution is 6.31. The van der Waals surface area contributed by atoms with E-state index in [1.807, 2.05) is 13.0 Å². The standard InChI is InChI=1S/C13H16Cl2/c1-9-8-10(2-6-12(9)14)3-7-13(15)11-4-5-11/h2,6,8,11,13H,3-5,7H2,1H3. The van der Waals surface area contributed by atoms with Crippen molar-refractivity contribution in [1.29, 1.82) is 0 Å². The van der Waals surface area contributed by atoms with Crippen LogP contribution >= 0.6 is 23.2 Å². The largest absolute Gasteiger partial charge is 0.123 e. The molecular weight excluding hydrogens is 227 g/mol. The third-order valence-electron chi connectivity index (χ3n) is 3.06. The number of aryl methyl sites for hydroxylation is 2. The molecule has 1 fully saturated rings. The van der Waals surface area contributed by atoms with Gasteiger partial charge in [0.25, 0.3) is 0 Å². The molecule has 1 aromatic carbocycles. The van der Waals surface area contributed by atoms with Gasteiger partial charge in [-0.3, -0.25) is 0 Å². The Labute approximate surface area is 102 Å².